The predicted octanol–water partition coefficient (Wildman–Crippen LogP) is 5.63. The van der Waals surface area contributed by atoms with Gasteiger partial charge in [-0.3, -0.25) is 0 Å². The maximum absolute atomic E-state index is 12.8. The number of hydrogen-bond donors (Lipinski definition) is 0. The molecule has 0 saturated carbocycles. The molecule has 25 heavy (non-hydrogen) atoms. The standard InChI is InChI=1S/C18H11ClF3NO2/c19-14-4-5-16-15(10-14)23-17(25-16)12(6-7-24)8-11-2-1-3-13(9-11)18(20,21)22/h1-5,7-10H,6H2/b12-8+. The highest BCUT2D eigenvalue weighted by atomic mass is 35.5. The first kappa shape index (κ1) is 17.2. The number of rotatable bonds is 4. The lowest BCUT2D eigenvalue weighted by Crippen LogP contribution is -2.04. The van der Waals surface area contributed by atoms with E-state index < -0.39 is 11.7 Å². The Balaban J connectivity index is 2.05. The summed E-state index contributed by atoms with van der Waals surface area (Å²) in [5.41, 5.74) is 0.883. The number of benzene rings is 2. The van der Waals surface area contributed by atoms with E-state index in [1.165, 1.54) is 18.2 Å². The molecule has 2 aromatic carbocycles. The number of alkyl halides is 3. The average Bonchev–Trinajstić information content (AvgIpc) is 2.97. The Morgan fingerprint density at radius 1 is 1.20 bits per heavy atom. The summed E-state index contributed by atoms with van der Waals surface area (Å²) in [6.07, 6.45) is -2.39. The summed E-state index contributed by atoms with van der Waals surface area (Å²) < 4.78 is 44.1. The molecule has 0 N–H and O–H groups in total. The van der Waals surface area contributed by atoms with E-state index in [1.54, 1.807) is 18.2 Å². The van der Waals surface area contributed by atoms with E-state index in [0.29, 0.717) is 33.5 Å². The zero-order chi connectivity index (χ0) is 18.0. The minimum atomic E-state index is -4.44. The number of halogens is 4. The molecule has 0 aliphatic heterocycles. The minimum Gasteiger partial charge on any atom is -0.436 e. The van der Waals surface area contributed by atoms with Crippen LogP contribution >= 0.6 is 11.6 Å². The van der Waals surface area contributed by atoms with Crippen molar-refractivity contribution in [1.29, 1.82) is 0 Å². The summed E-state index contributed by atoms with van der Waals surface area (Å²) in [5.74, 6) is 0.168. The molecule has 1 aromatic heterocycles. The van der Waals surface area contributed by atoms with Crippen LogP contribution in [0.3, 0.4) is 0 Å². The van der Waals surface area contributed by atoms with Crippen molar-refractivity contribution >= 4 is 40.6 Å². The average molecular weight is 366 g/mol. The third-order valence-corrected chi connectivity index (χ3v) is 3.72. The van der Waals surface area contributed by atoms with Crippen molar-refractivity contribution in [3.05, 3.63) is 64.5 Å². The first-order chi connectivity index (χ1) is 11.9. The molecule has 128 valence electrons. The number of allylic oxidation sites excluding steroid dienone is 1. The van der Waals surface area contributed by atoms with Gasteiger partial charge in [-0.25, -0.2) is 4.98 Å². The van der Waals surface area contributed by atoms with Gasteiger partial charge in [0, 0.05) is 17.0 Å². The van der Waals surface area contributed by atoms with Crippen LogP contribution in [-0.4, -0.2) is 11.3 Å². The summed E-state index contributed by atoms with van der Waals surface area (Å²) in [6.45, 7) is 0. The molecule has 7 heteroatoms. The Labute approximate surface area is 145 Å². The maximum Gasteiger partial charge on any atom is 0.416 e. The van der Waals surface area contributed by atoms with Gasteiger partial charge in [-0.2, -0.15) is 13.2 Å². The number of nitrogens with zero attached hydrogens (tertiary/aromatic N) is 1. The quantitative estimate of drug-likeness (QED) is 0.563. The lowest BCUT2D eigenvalue weighted by molar-refractivity contribution is -0.137. The van der Waals surface area contributed by atoms with Gasteiger partial charge in [0.2, 0.25) is 5.89 Å². The second kappa shape index (κ2) is 6.72. The molecular weight excluding hydrogens is 355 g/mol. The fourth-order valence-electron chi connectivity index (χ4n) is 2.34. The topological polar surface area (TPSA) is 43.1 Å². The number of oxazole rings is 1. The second-order valence-electron chi connectivity index (χ2n) is 5.29. The summed E-state index contributed by atoms with van der Waals surface area (Å²) >= 11 is 5.90. The lowest BCUT2D eigenvalue weighted by atomic mass is 10.1. The first-order valence-corrected chi connectivity index (χ1v) is 7.62. The van der Waals surface area contributed by atoms with Gasteiger partial charge >= 0.3 is 6.18 Å². The molecule has 0 atom stereocenters. The van der Waals surface area contributed by atoms with Crippen LogP contribution in [0.25, 0.3) is 22.7 Å². The van der Waals surface area contributed by atoms with Crippen LogP contribution in [0.2, 0.25) is 5.02 Å². The molecule has 0 spiro atoms. The zero-order valence-electron chi connectivity index (χ0n) is 12.7. The molecule has 0 aliphatic carbocycles. The fraction of sp³-hybridized carbons (Fsp3) is 0.111. The maximum atomic E-state index is 12.8. The fourth-order valence-corrected chi connectivity index (χ4v) is 2.51. The molecule has 1 heterocycles. The van der Waals surface area contributed by atoms with Gasteiger partial charge < -0.3 is 9.21 Å². The van der Waals surface area contributed by atoms with Crippen molar-refractivity contribution < 1.29 is 22.4 Å². The van der Waals surface area contributed by atoms with Crippen LogP contribution in [-0.2, 0) is 11.0 Å². The van der Waals surface area contributed by atoms with Crippen molar-refractivity contribution in [1.82, 2.24) is 4.98 Å². The summed E-state index contributed by atoms with van der Waals surface area (Å²) in [4.78, 5) is 15.2. The number of carbonyl (C=O) groups excluding carboxylic acids is 1. The molecule has 0 saturated heterocycles. The molecule has 0 radical (unpaired) electrons. The van der Waals surface area contributed by atoms with Gasteiger partial charge in [0.25, 0.3) is 0 Å². The van der Waals surface area contributed by atoms with E-state index in [4.69, 9.17) is 16.0 Å². The van der Waals surface area contributed by atoms with Crippen LogP contribution in [0.15, 0.2) is 46.9 Å². The van der Waals surface area contributed by atoms with Gasteiger partial charge in [0.1, 0.15) is 11.8 Å². The van der Waals surface area contributed by atoms with Crippen molar-refractivity contribution in [3.8, 4) is 0 Å². The molecule has 3 aromatic rings. The largest absolute Gasteiger partial charge is 0.436 e. The van der Waals surface area contributed by atoms with E-state index in [2.05, 4.69) is 4.98 Å². The van der Waals surface area contributed by atoms with Crippen LogP contribution in [0, 0.1) is 0 Å². The van der Waals surface area contributed by atoms with Gasteiger partial charge in [0.05, 0.1) is 5.56 Å². The van der Waals surface area contributed by atoms with Gasteiger partial charge in [-0.15, -0.1) is 0 Å². The Kier molecular flexibility index (Phi) is 4.63. The number of aromatic nitrogens is 1. The van der Waals surface area contributed by atoms with Crippen molar-refractivity contribution in [2.75, 3.05) is 0 Å². The molecule has 0 unspecified atom stereocenters. The van der Waals surface area contributed by atoms with E-state index in [1.807, 2.05) is 0 Å². The predicted molar refractivity (Wildman–Crippen MR) is 89.0 cm³/mol. The third kappa shape index (κ3) is 3.91. The third-order valence-electron chi connectivity index (χ3n) is 3.48. The summed E-state index contributed by atoms with van der Waals surface area (Å²) in [5, 5.41) is 0.478. The molecular formula is C18H11ClF3NO2. The molecule has 0 aliphatic rings. The van der Waals surface area contributed by atoms with Crippen LogP contribution < -0.4 is 0 Å². The van der Waals surface area contributed by atoms with Crippen molar-refractivity contribution in [3.63, 3.8) is 0 Å². The highest BCUT2D eigenvalue weighted by Crippen LogP contribution is 2.31. The number of hydrogen-bond acceptors (Lipinski definition) is 3. The van der Waals surface area contributed by atoms with Crippen LogP contribution in [0.4, 0.5) is 13.2 Å². The number of fused-ring (bicyclic) bond motifs is 1. The monoisotopic (exact) mass is 365 g/mol. The number of aldehydes is 1. The zero-order valence-corrected chi connectivity index (χ0v) is 13.4. The molecule has 3 rings (SSSR count). The lowest BCUT2D eigenvalue weighted by Gasteiger charge is -2.07. The number of carbonyl (C=O) groups is 1. The Bertz CT molecular complexity index is 960. The Morgan fingerprint density at radius 2 is 2.00 bits per heavy atom. The Hall–Kier alpha value is -2.60. The summed E-state index contributed by atoms with van der Waals surface area (Å²) in [6, 6.07) is 9.68. The van der Waals surface area contributed by atoms with Crippen molar-refractivity contribution in [2.24, 2.45) is 0 Å². The van der Waals surface area contributed by atoms with Crippen molar-refractivity contribution in [2.45, 2.75) is 12.6 Å². The molecule has 0 amide bonds. The first-order valence-electron chi connectivity index (χ1n) is 7.25. The normalized spacial score (nSPS) is 12.6. The molecule has 0 bridgehead atoms. The smallest absolute Gasteiger partial charge is 0.416 e. The minimum absolute atomic E-state index is 0.0448. The van der Waals surface area contributed by atoms with Gasteiger partial charge in [0.15, 0.2) is 5.58 Å². The van der Waals surface area contributed by atoms with Crippen LogP contribution in [0.1, 0.15) is 23.4 Å². The van der Waals surface area contributed by atoms with E-state index >= 15 is 0 Å². The highest BCUT2D eigenvalue weighted by Gasteiger charge is 2.30. The van der Waals surface area contributed by atoms with Crippen LogP contribution in [0.5, 0.6) is 0 Å². The second-order valence-corrected chi connectivity index (χ2v) is 5.73. The summed E-state index contributed by atoms with van der Waals surface area (Å²) in [7, 11) is 0. The van der Waals surface area contributed by atoms with E-state index in [0.717, 1.165) is 12.1 Å². The van der Waals surface area contributed by atoms with E-state index in [9.17, 15) is 18.0 Å². The SMILES string of the molecule is O=CC/C(=C\c1cccc(C(F)(F)F)c1)c1nc2cc(Cl)ccc2o1. The highest BCUT2D eigenvalue weighted by molar-refractivity contribution is 6.31. The van der Waals surface area contributed by atoms with Gasteiger partial charge in [-0.1, -0.05) is 23.7 Å². The Morgan fingerprint density at radius 3 is 2.72 bits per heavy atom. The van der Waals surface area contributed by atoms with E-state index in [-0.39, 0.29) is 12.3 Å². The van der Waals surface area contributed by atoms with Gasteiger partial charge in [-0.05, 0) is 42.0 Å². The molecule has 0 fully saturated rings. The molecule has 3 nitrogen and oxygen atoms in total.